The lowest BCUT2D eigenvalue weighted by atomic mass is 10.2. The van der Waals surface area contributed by atoms with Crippen molar-refractivity contribution in [2.45, 2.75) is 0 Å². The van der Waals surface area contributed by atoms with Crippen LogP contribution < -0.4 is 15.4 Å². The number of hydrogen-bond donors (Lipinski definition) is 2. The number of fused-ring (bicyclic) bond motifs is 1. The van der Waals surface area contributed by atoms with E-state index in [9.17, 15) is 9.18 Å². The fourth-order valence-electron chi connectivity index (χ4n) is 2.21. The number of anilines is 1. The molecule has 5 nitrogen and oxygen atoms in total. The summed E-state index contributed by atoms with van der Waals surface area (Å²) in [6, 6.07) is 14.9. The van der Waals surface area contributed by atoms with Crippen LogP contribution in [0.2, 0.25) is 0 Å². The highest BCUT2D eigenvalue weighted by molar-refractivity contribution is 5.89. The van der Waals surface area contributed by atoms with Gasteiger partial charge in [-0.3, -0.25) is 4.98 Å². The van der Waals surface area contributed by atoms with Crippen LogP contribution in [0.3, 0.4) is 0 Å². The van der Waals surface area contributed by atoms with E-state index in [2.05, 4.69) is 15.6 Å². The number of benzene rings is 2. The molecule has 6 heteroatoms. The van der Waals surface area contributed by atoms with Gasteiger partial charge in [0.2, 0.25) is 0 Å². The minimum Gasteiger partial charge on any atom is -0.492 e. The lowest BCUT2D eigenvalue weighted by Crippen LogP contribution is -2.32. The van der Waals surface area contributed by atoms with Crippen molar-refractivity contribution in [3.05, 3.63) is 66.6 Å². The van der Waals surface area contributed by atoms with E-state index >= 15 is 0 Å². The van der Waals surface area contributed by atoms with E-state index in [-0.39, 0.29) is 5.69 Å². The SMILES string of the molecule is O=C(NCCOc1ccc2ncccc2c1)Nc1ccccc1F. The van der Waals surface area contributed by atoms with Gasteiger partial charge >= 0.3 is 6.03 Å². The number of carbonyl (C=O) groups excluding carboxylic acids is 1. The number of hydrogen-bond acceptors (Lipinski definition) is 3. The summed E-state index contributed by atoms with van der Waals surface area (Å²) in [5.41, 5.74) is 1.03. The van der Waals surface area contributed by atoms with Crippen molar-refractivity contribution in [3.63, 3.8) is 0 Å². The quantitative estimate of drug-likeness (QED) is 0.705. The summed E-state index contributed by atoms with van der Waals surface area (Å²) < 4.78 is 19.0. The second kappa shape index (κ2) is 7.41. The van der Waals surface area contributed by atoms with Crippen LogP contribution in [0.25, 0.3) is 10.9 Å². The highest BCUT2D eigenvalue weighted by Crippen LogP contribution is 2.18. The lowest BCUT2D eigenvalue weighted by Gasteiger charge is -2.10. The molecule has 0 aliphatic rings. The van der Waals surface area contributed by atoms with E-state index in [1.165, 1.54) is 12.1 Å². The molecule has 0 saturated carbocycles. The second-order valence-corrected chi connectivity index (χ2v) is 5.07. The summed E-state index contributed by atoms with van der Waals surface area (Å²) in [4.78, 5) is 15.9. The second-order valence-electron chi connectivity index (χ2n) is 5.07. The number of nitrogens with one attached hydrogen (secondary N) is 2. The van der Waals surface area contributed by atoms with Crippen molar-refractivity contribution in [1.82, 2.24) is 10.3 Å². The third-order valence-corrected chi connectivity index (χ3v) is 3.35. The molecule has 1 heterocycles. The summed E-state index contributed by atoms with van der Waals surface area (Å²) in [7, 11) is 0. The highest BCUT2D eigenvalue weighted by atomic mass is 19.1. The maximum Gasteiger partial charge on any atom is 0.319 e. The predicted octanol–water partition coefficient (Wildman–Crippen LogP) is 3.57. The van der Waals surface area contributed by atoms with Crippen LogP contribution in [0, 0.1) is 5.82 Å². The Morgan fingerprint density at radius 2 is 2.00 bits per heavy atom. The monoisotopic (exact) mass is 325 g/mol. The normalized spacial score (nSPS) is 10.4. The minimum atomic E-state index is -0.480. The Hall–Kier alpha value is -3.15. The van der Waals surface area contributed by atoms with Gasteiger partial charge in [0.05, 0.1) is 17.7 Å². The maximum absolute atomic E-state index is 13.4. The van der Waals surface area contributed by atoms with Gasteiger partial charge in [0.15, 0.2) is 0 Å². The molecule has 0 aliphatic carbocycles. The van der Waals surface area contributed by atoms with E-state index in [0.29, 0.717) is 18.9 Å². The molecule has 3 rings (SSSR count). The van der Waals surface area contributed by atoms with Gasteiger partial charge in [0, 0.05) is 11.6 Å². The molecular weight excluding hydrogens is 309 g/mol. The van der Waals surface area contributed by atoms with Gasteiger partial charge in [-0.05, 0) is 36.4 Å². The molecule has 3 aromatic rings. The van der Waals surface area contributed by atoms with Crippen molar-refractivity contribution in [2.75, 3.05) is 18.5 Å². The Labute approximate surface area is 138 Å². The number of carbonyl (C=O) groups is 1. The molecule has 1 aromatic heterocycles. The van der Waals surface area contributed by atoms with Crippen molar-refractivity contribution in [3.8, 4) is 5.75 Å². The van der Waals surface area contributed by atoms with Crippen LogP contribution in [0.15, 0.2) is 60.8 Å². The predicted molar refractivity (Wildman–Crippen MR) is 90.7 cm³/mol. The number of pyridine rings is 1. The zero-order valence-corrected chi connectivity index (χ0v) is 12.8. The smallest absolute Gasteiger partial charge is 0.319 e. The average molecular weight is 325 g/mol. The van der Waals surface area contributed by atoms with Gasteiger partial charge in [-0.25, -0.2) is 9.18 Å². The van der Waals surface area contributed by atoms with E-state index in [1.54, 1.807) is 18.3 Å². The molecule has 122 valence electrons. The van der Waals surface area contributed by atoms with Gasteiger partial charge in [0.25, 0.3) is 0 Å². The van der Waals surface area contributed by atoms with Gasteiger partial charge in [-0.2, -0.15) is 0 Å². The van der Waals surface area contributed by atoms with Gasteiger partial charge in [-0.15, -0.1) is 0 Å². The Morgan fingerprint density at radius 1 is 1.12 bits per heavy atom. The van der Waals surface area contributed by atoms with E-state index < -0.39 is 11.8 Å². The first-order chi connectivity index (χ1) is 11.7. The van der Waals surface area contributed by atoms with Crippen molar-refractivity contribution in [1.29, 1.82) is 0 Å². The zero-order chi connectivity index (χ0) is 16.8. The number of rotatable bonds is 5. The first-order valence-corrected chi connectivity index (χ1v) is 7.49. The molecule has 0 unspecified atom stereocenters. The number of ether oxygens (including phenoxy) is 1. The molecule has 0 bridgehead atoms. The number of halogens is 1. The fourth-order valence-corrected chi connectivity index (χ4v) is 2.21. The number of nitrogens with zero attached hydrogens (tertiary/aromatic N) is 1. The summed E-state index contributed by atoms with van der Waals surface area (Å²) in [6.07, 6.45) is 1.74. The van der Waals surface area contributed by atoms with Crippen LogP contribution in [-0.4, -0.2) is 24.2 Å². The van der Waals surface area contributed by atoms with E-state index in [4.69, 9.17) is 4.74 Å². The minimum absolute atomic E-state index is 0.137. The van der Waals surface area contributed by atoms with Gasteiger partial charge in [-0.1, -0.05) is 18.2 Å². The van der Waals surface area contributed by atoms with Gasteiger partial charge in [0.1, 0.15) is 18.2 Å². The molecule has 0 fully saturated rings. The first kappa shape index (κ1) is 15.7. The summed E-state index contributed by atoms with van der Waals surface area (Å²) in [5.74, 6) is 0.223. The third-order valence-electron chi connectivity index (χ3n) is 3.35. The van der Waals surface area contributed by atoms with Crippen LogP contribution in [0.1, 0.15) is 0 Å². The first-order valence-electron chi connectivity index (χ1n) is 7.49. The Kier molecular flexibility index (Phi) is 4.86. The molecule has 2 amide bonds. The number of para-hydroxylation sites is 1. The lowest BCUT2D eigenvalue weighted by molar-refractivity contribution is 0.247. The molecule has 0 radical (unpaired) electrons. The van der Waals surface area contributed by atoms with Gasteiger partial charge < -0.3 is 15.4 Å². The van der Waals surface area contributed by atoms with E-state index in [0.717, 1.165) is 10.9 Å². The fraction of sp³-hybridized carbons (Fsp3) is 0.111. The Bertz CT molecular complexity index is 854. The molecule has 0 aliphatic heterocycles. The largest absolute Gasteiger partial charge is 0.492 e. The number of aromatic nitrogens is 1. The highest BCUT2D eigenvalue weighted by Gasteiger charge is 2.05. The molecule has 0 saturated heterocycles. The summed E-state index contributed by atoms with van der Waals surface area (Å²) in [5, 5.41) is 6.04. The van der Waals surface area contributed by atoms with Crippen molar-refractivity contribution in [2.24, 2.45) is 0 Å². The molecule has 2 N–H and O–H groups in total. The van der Waals surface area contributed by atoms with Crippen LogP contribution in [0.5, 0.6) is 5.75 Å². The maximum atomic E-state index is 13.4. The molecule has 0 spiro atoms. The average Bonchev–Trinajstić information content (AvgIpc) is 2.60. The molecular formula is C18H16FN3O2. The summed E-state index contributed by atoms with van der Waals surface area (Å²) >= 11 is 0. The number of amides is 2. The standard InChI is InChI=1S/C18H16FN3O2/c19-15-5-1-2-6-17(15)22-18(23)21-10-11-24-14-7-8-16-13(12-14)4-3-9-20-16/h1-9,12H,10-11H2,(H2,21,22,23). The Balaban J connectivity index is 1.46. The van der Waals surface area contributed by atoms with Crippen LogP contribution in [0.4, 0.5) is 14.9 Å². The number of urea groups is 1. The molecule has 0 atom stereocenters. The summed E-state index contributed by atoms with van der Waals surface area (Å²) in [6.45, 7) is 0.599. The topological polar surface area (TPSA) is 63.2 Å². The Morgan fingerprint density at radius 3 is 2.88 bits per heavy atom. The molecule has 2 aromatic carbocycles. The van der Waals surface area contributed by atoms with Crippen LogP contribution in [-0.2, 0) is 0 Å². The van der Waals surface area contributed by atoms with Crippen molar-refractivity contribution < 1.29 is 13.9 Å². The third kappa shape index (κ3) is 3.98. The van der Waals surface area contributed by atoms with Crippen molar-refractivity contribution >= 4 is 22.6 Å². The van der Waals surface area contributed by atoms with Crippen LogP contribution >= 0.6 is 0 Å². The zero-order valence-electron chi connectivity index (χ0n) is 12.8. The molecule has 24 heavy (non-hydrogen) atoms. The van der Waals surface area contributed by atoms with E-state index in [1.807, 2.05) is 30.3 Å².